The lowest BCUT2D eigenvalue weighted by Crippen LogP contribution is -2.52. The molecule has 1 aliphatic rings. The van der Waals surface area contributed by atoms with Gasteiger partial charge < -0.3 is 15.6 Å². The van der Waals surface area contributed by atoms with Gasteiger partial charge in [-0.25, -0.2) is 0 Å². The summed E-state index contributed by atoms with van der Waals surface area (Å²) in [5, 5.41) is 11.4. The average molecular weight is 340 g/mol. The molecule has 2 rings (SSSR count). The van der Waals surface area contributed by atoms with Crippen LogP contribution < -0.4 is 5.73 Å². The Morgan fingerprint density at radius 3 is 2.65 bits per heavy atom. The van der Waals surface area contributed by atoms with Crippen LogP contribution in [0.15, 0.2) is 17.5 Å². The molecule has 0 amide bonds. The number of aliphatic carboxylic acids is 1. The first kappa shape index (κ1) is 17.9. The monoisotopic (exact) mass is 340 g/mol. The summed E-state index contributed by atoms with van der Waals surface area (Å²) in [4.78, 5) is 26.4. The van der Waals surface area contributed by atoms with Crippen molar-refractivity contribution in [1.29, 1.82) is 0 Å². The number of carbonyl (C=O) groups excluding carboxylic acids is 1. The molecule has 0 radical (unpaired) electrons. The van der Waals surface area contributed by atoms with E-state index in [0.29, 0.717) is 19.4 Å². The number of carboxylic acid groups (broad SMARTS) is 1. The summed E-state index contributed by atoms with van der Waals surface area (Å²) in [5.41, 5.74) is 5.65. The average Bonchev–Trinajstić information content (AvgIpc) is 2.92. The molecular formula is C16H24N2O4S. The third-order valence-corrected chi connectivity index (χ3v) is 4.73. The zero-order valence-electron chi connectivity index (χ0n) is 13.7. The second kappa shape index (κ2) is 6.98. The summed E-state index contributed by atoms with van der Waals surface area (Å²) >= 11 is 1.40. The number of nitrogens with zero attached hydrogens (tertiary/aromatic N) is 1. The number of esters is 1. The summed E-state index contributed by atoms with van der Waals surface area (Å²) in [6.07, 6.45) is 0.478. The van der Waals surface area contributed by atoms with Crippen molar-refractivity contribution in [2.24, 2.45) is 11.7 Å². The quantitative estimate of drug-likeness (QED) is 0.816. The number of carbonyl (C=O) groups is 2. The molecule has 0 aromatic carbocycles. The van der Waals surface area contributed by atoms with Gasteiger partial charge in [0.1, 0.15) is 11.6 Å². The molecule has 0 spiro atoms. The normalized spacial score (nSPS) is 24.2. The van der Waals surface area contributed by atoms with Gasteiger partial charge in [0.25, 0.3) is 0 Å². The van der Waals surface area contributed by atoms with Crippen molar-refractivity contribution in [2.75, 3.05) is 6.54 Å². The maximum absolute atomic E-state index is 12.2. The molecule has 6 nitrogen and oxygen atoms in total. The van der Waals surface area contributed by atoms with E-state index in [1.54, 1.807) is 11.0 Å². The van der Waals surface area contributed by atoms with E-state index < -0.39 is 23.8 Å². The second-order valence-corrected chi connectivity index (χ2v) is 7.80. The summed E-state index contributed by atoms with van der Waals surface area (Å²) < 4.78 is 5.41. The molecule has 128 valence electrons. The molecule has 1 aromatic rings. The molecule has 0 saturated carbocycles. The Labute approximate surface area is 140 Å². The molecule has 0 aliphatic carbocycles. The van der Waals surface area contributed by atoms with Crippen LogP contribution in [0.3, 0.4) is 0 Å². The van der Waals surface area contributed by atoms with Crippen LogP contribution in [0.4, 0.5) is 0 Å². The van der Waals surface area contributed by atoms with Gasteiger partial charge >= 0.3 is 11.9 Å². The molecular weight excluding hydrogens is 316 g/mol. The van der Waals surface area contributed by atoms with Crippen molar-refractivity contribution in [3.8, 4) is 0 Å². The van der Waals surface area contributed by atoms with Gasteiger partial charge in [0, 0.05) is 11.4 Å². The second-order valence-electron chi connectivity index (χ2n) is 6.82. The molecule has 1 aromatic heterocycles. The van der Waals surface area contributed by atoms with Crippen LogP contribution in [-0.4, -0.2) is 40.3 Å². The van der Waals surface area contributed by atoms with Gasteiger partial charge in [-0.2, -0.15) is 0 Å². The number of hydrogen-bond donors (Lipinski definition) is 2. The smallest absolute Gasteiger partial charge is 0.326 e. The predicted octanol–water partition coefficient (Wildman–Crippen LogP) is 2.21. The predicted molar refractivity (Wildman–Crippen MR) is 87.9 cm³/mol. The van der Waals surface area contributed by atoms with E-state index in [9.17, 15) is 14.7 Å². The van der Waals surface area contributed by atoms with Crippen LogP contribution in [0, 0.1) is 5.92 Å². The molecule has 2 heterocycles. The highest BCUT2D eigenvalue weighted by molar-refractivity contribution is 7.10. The van der Waals surface area contributed by atoms with Crippen LogP contribution in [-0.2, 0) is 14.3 Å². The number of carboxylic acids is 1. The van der Waals surface area contributed by atoms with E-state index in [-0.39, 0.29) is 11.9 Å². The number of piperidine rings is 1. The van der Waals surface area contributed by atoms with E-state index in [0.717, 1.165) is 4.88 Å². The van der Waals surface area contributed by atoms with E-state index in [4.69, 9.17) is 10.5 Å². The van der Waals surface area contributed by atoms with Gasteiger partial charge in [0.2, 0.25) is 0 Å². The van der Waals surface area contributed by atoms with E-state index in [1.165, 1.54) is 11.3 Å². The molecule has 0 bridgehead atoms. The van der Waals surface area contributed by atoms with Crippen LogP contribution in [0.25, 0.3) is 0 Å². The van der Waals surface area contributed by atoms with Crippen molar-refractivity contribution in [3.05, 3.63) is 22.4 Å². The molecule has 1 aliphatic heterocycles. The Hall–Kier alpha value is -1.44. The Morgan fingerprint density at radius 2 is 2.17 bits per heavy atom. The lowest BCUT2D eigenvalue weighted by Gasteiger charge is -2.39. The molecule has 1 fully saturated rings. The van der Waals surface area contributed by atoms with Crippen molar-refractivity contribution < 1.29 is 19.4 Å². The van der Waals surface area contributed by atoms with Crippen molar-refractivity contribution in [3.63, 3.8) is 0 Å². The number of nitrogens with two attached hydrogens (primary N) is 1. The minimum atomic E-state index is -0.918. The third kappa shape index (κ3) is 4.53. The maximum atomic E-state index is 12.2. The first-order valence-corrected chi connectivity index (χ1v) is 8.57. The number of ether oxygens (including phenoxy) is 1. The molecule has 3 atom stereocenters. The SMILES string of the molecule is CC(C)(C)OC(=O)C1CCN(C(C(=O)O)c2cccs2)C(N)C1. The number of hydrogen-bond acceptors (Lipinski definition) is 6. The molecule has 23 heavy (non-hydrogen) atoms. The maximum Gasteiger partial charge on any atom is 0.326 e. The molecule has 1 saturated heterocycles. The first-order valence-electron chi connectivity index (χ1n) is 7.69. The van der Waals surface area contributed by atoms with Crippen molar-refractivity contribution in [1.82, 2.24) is 4.90 Å². The van der Waals surface area contributed by atoms with Crippen molar-refractivity contribution in [2.45, 2.75) is 51.4 Å². The van der Waals surface area contributed by atoms with Gasteiger partial charge in [-0.05, 0) is 45.1 Å². The summed E-state index contributed by atoms with van der Waals surface area (Å²) in [7, 11) is 0. The minimum Gasteiger partial charge on any atom is -0.480 e. The molecule has 7 heteroatoms. The Morgan fingerprint density at radius 1 is 1.48 bits per heavy atom. The highest BCUT2D eigenvalue weighted by atomic mass is 32.1. The lowest BCUT2D eigenvalue weighted by molar-refractivity contribution is -0.163. The number of likely N-dealkylation sites (tertiary alicyclic amines) is 1. The summed E-state index contributed by atoms with van der Waals surface area (Å²) in [6, 6.07) is 2.87. The van der Waals surface area contributed by atoms with Crippen LogP contribution in [0.5, 0.6) is 0 Å². The van der Waals surface area contributed by atoms with Crippen molar-refractivity contribution >= 4 is 23.3 Å². The van der Waals surface area contributed by atoms with Crippen LogP contribution in [0.1, 0.15) is 44.5 Å². The Balaban J connectivity index is 2.06. The first-order chi connectivity index (χ1) is 10.7. The van der Waals surface area contributed by atoms with E-state index in [1.807, 2.05) is 32.2 Å². The highest BCUT2D eigenvalue weighted by Gasteiger charge is 2.39. The minimum absolute atomic E-state index is 0.254. The van der Waals surface area contributed by atoms with Gasteiger partial charge in [-0.15, -0.1) is 11.3 Å². The Bertz CT molecular complexity index is 553. The fourth-order valence-electron chi connectivity index (χ4n) is 2.81. The summed E-state index contributed by atoms with van der Waals surface area (Å²) in [6.45, 7) is 5.95. The molecule has 3 N–H and O–H groups in total. The third-order valence-electron chi connectivity index (χ3n) is 3.81. The van der Waals surface area contributed by atoms with Gasteiger partial charge in [0.15, 0.2) is 0 Å². The van der Waals surface area contributed by atoms with Gasteiger partial charge in [-0.1, -0.05) is 6.07 Å². The standard InChI is InChI=1S/C16H24N2O4S/c1-16(2,3)22-15(21)10-6-7-18(12(17)9-10)13(14(19)20)11-5-4-8-23-11/h4-5,8,10,12-13H,6-7,9,17H2,1-3H3,(H,19,20). The fourth-order valence-corrected chi connectivity index (χ4v) is 3.65. The molecule has 3 unspecified atom stereocenters. The summed E-state index contributed by atoms with van der Waals surface area (Å²) in [5.74, 6) is -1.45. The van der Waals surface area contributed by atoms with Gasteiger partial charge in [-0.3, -0.25) is 14.5 Å². The highest BCUT2D eigenvalue weighted by Crippen LogP contribution is 2.32. The fraction of sp³-hybridized carbons (Fsp3) is 0.625. The zero-order chi connectivity index (χ0) is 17.2. The lowest BCUT2D eigenvalue weighted by atomic mass is 9.93. The van der Waals surface area contributed by atoms with Crippen LogP contribution >= 0.6 is 11.3 Å². The van der Waals surface area contributed by atoms with E-state index in [2.05, 4.69) is 0 Å². The zero-order valence-corrected chi connectivity index (χ0v) is 14.5. The largest absolute Gasteiger partial charge is 0.480 e. The Kier molecular flexibility index (Phi) is 5.44. The number of rotatable bonds is 4. The van der Waals surface area contributed by atoms with Crippen LogP contribution in [0.2, 0.25) is 0 Å². The van der Waals surface area contributed by atoms with E-state index >= 15 is 0 Å². The number of thiophene rings is 1. The van der Waals surface area contributed by atoms with Gasteiger partial charge in [0.05, 0.1) is 12.1 Å². The topological polar surface area (TPSA) is 92.9 Å².